The summed E-state index contributed by atoms with van der Waals surface area (Å²) < 4.78 is 7.35. The first-order valence-electron chi connectivity index (χ1n) is 8.66. The highest BCUT2D eigenvalue weighted by Gasteiger charge is 2.30. The fourth-order valence-electron chi connectivity index (χ4n) is 3.07. The Hall–Kier alpha value is -2.47. The lowest BCUT2D eigenvalue weighted by molar-refractivity contribution is -0.0693. The molecule has 1 aromatic heterocycles. The van der Waals surface area contributed by atoms with Crippen molar-refractivity contribution in [2.75, 3.05) is 13.1 Å². The molecule has 0 spiro atoms. The topological polar surface area (TPSA) is 64.4 Å². The van der Waals surface area contributed by atoms with Crippen molar-refractivity contribution < 1.29 is 9.53 Å². The molecule has 2 atom stereocenters. The van der Waals surface area contributed by atoms with Crippen molar-refractivity contribution in [2.45, 2.75) is 39.0 Å². The fraction of sp³-hybridized carbons (Fsp3) is 0.421. The van der Waals surface area contributed by atoms with Crippen molar-refractivity contribution in [1.29, 1.82) is 0 Å². The largest absolute Gasteiger partial charge is 0.367 e. The highest BCUT2D eigenvalue weighted by molar-refractivity contribution is 5.92. The molecule has 25 heavy (non-hydrogen) atoms. The van der Waals surface area contributed by atoms with Gasteiger partial charge in [-0.2, -0.15) is 5.10 Å². The number of carbonyl (C=O) groups excluding carboxylic acids is 1. The highest BCUT2D eigenvalue weighted by Crippen LogP contribution is 2.25. The van der Waals surface area contributed by atoms with E-state index < -0.39 is 0 Å². The van der Waals surface area contributed by atoms with E-state index in [1.807, 2.05) is 44.2 Å². The van der Waals surface area contributed by atoms with E-state index in [0.29, 0.717) is 25.3 Å². The number of amides is 1. The zero-order chi connectivity index (χ0) is 17.8. The Morgan fingerprint density at radius 1 is 1.20 bits per heavy atom. The molecule has 1 aromatic carbocycles. The second-order valence-electron chi connectivity index (χ2n) is 6.34. The molecule has 1 aliphatic rings. The highest BCUT2D eigenvalue weighted by atomic mass is 16.5. The van der Waals surface area contributed by atoms with Crippen LogP contribution in [-0.2, 0) is 11.3 Å². The van der Waals surface area contributed by atoms with Crippen LogP contribution in [0.4, 0.5) is 0 Å². The van der Waals surface area contributed by atoms with Gasteiger partial charge < -0.3 is 9.64 Å². The molecule has 1 aliphatic heterocycles. The van der Waals surface area contributed by atoms with E-state index in [-0.39, 0.29) is 23.7 Å². The number of aryl methyl sites for hydroxylation is 1. The fourth-order valence-corrected chi connectivity index (χ4v) is 3.07. The first-order valence-corrected chi connectivity index (χ1v) is 8.66. The Kier molecular flexibility index (Phi) is 5.28. The van der Waals surface area contributed by atoms with Gasteiger partial charge >= 0.3 is 0 Å². The molecule has 0 unspecified atom stereocenters. The van der Waals surface area contributed by atoms with Gasteiger partial charge in [0.05, 0.1) is 12.6 Å². The molecule has 1 amide bonds. The van der Waals surface area contributed by atoms with Gasteiger partial charge in [0.2, 0.25) is 0 Å². The maximum absolute atomic E-state index is 12.9. The first kappa shape index (κ1) is 17.4. The van der Waals surface area contributed by atoms with Gasteiger partial charge in [-0.15, -0.1) is 0 Å². The number of hydrogen-bond donors (Lipinski definition) is 0. The number of ether oxygens (including phenoxy) is 1. The maximum Gasteiger partial charge on any atom is 0.274 e. The second kappa shape index (κ2) is 7.61. The third-order valence-electron chi connectivity index (χ3n) is 4.24. The number of nitrogens with zero attached hydrogens (tertiary/aromatic N) is 3. The lowest BCUT2D eigenvalue weighted by Gasteiger charge is -2.36. The van der Waals surface area contributed by atoms with Gasteiger partial charge in [-0.05, 0) is 25.0 Å². The van der Waals surface area contributed by atoms with E-state index in [4.69, 9.17) is 4.74 Å². The van der Waals surface area contributed by atoms with Crippen LogP contribution in [0, 0.1) is 0 Å². The van der Waals surface area contributed by atoms with Gasteiger partial charge in [0, 0.05) is 19.2 Å². The third kappa shape index (κ3) is 3.96. The van der Waals surface area contributed by atoms with Crippen LogP contribution in [-0.4, -0.2) is 39.8 Å². The minimum absolute atomic E-state index is 0.0653. The molecule has 0 aliphatic carbocycles. The lowest BCUT2D eigenvalue weighted by Crippen LogP contribution is -2.46. The molecular formula is C19H23N3O3. The van der Waals surface area contributed by atoms with Crippen LogP contribution in [0.25, 0.3) is 0 Å². The van der Waals surface area contributed by atoms with E-state index in [1.54, 1.807) is 4.90 Å². The van der Waals surface area contributed by atoms with Crippen LogP contribution in [0.15, 0.2) is 47.3 Å². The Morgan fingerprint density at radius 3 is 2.68 bits per heavy atom. The smallest absolute Gasteiger partial charge is 0.274 e. The summed E-state index contributed by atoms with van der Waals surface area (Å²) in [7, 11) is 0. The minimum Gasteiger partial charge on any atom is -0.367 e. The number of carbonyl (C=O) groups is 1. The van der Waals surface area contributed by atoms with Crippen LogP contribution in [0.2, 0.25) is 0 Å². The van der Waals surface area contributed by atoms with Gasteiger partial charge in [0.15, 0.2) is 0 Å². The second-order valence-corrected chi connectivity index (χ2v) is 6.34. The van der Waals surface area contributed by atoms with Crippen molar-refractivity contribution in [2.24, 2.45) is 0 Å². The molecule has 0 N–H and O–H groups in total. The molecule has 2 heterocycles. The molecule has 132 valence electrons. The van der Waals surface area contributed by atoms with E-state index >= 15 is 0 Å². The first-order chi connectivity index (χ1) is 12.1. The summed E-state index contributed by atoms with van der Waals surface area (Å²) in [5, 5.41) is 4.23. The molecule has 1 saturated heterocycles. The van der Waals surface area contributed by atoms with Gasteiger partial charge in [0.25, 0.3) is 11.5 Å². The van der Waals surface area contributed by atoms with Gasteiger partial charge in [-0.3, -0.25) is 9.59 Å². The molecule has 0 bridgehead atoms. The Morgan fingerprint density at radius 2 is 1.96 bits per heavy atom. The van der Waals surface area contributed by atoms with Crippen molar-refractivity contribution >= 4 is 5.91 Å². The summed E-state index contributed by atoms with van der Waals surface area (Å²) >= 11 is 0. The van der Waals surface area contributed by atoms with Gasteiger partial charge in [-0.1, -0.05) is 37.3 Å². The number of benzene rings is 1. The van der Waals surface area contributed by atoms with E-state index in [9.17, 15) is 9.59 Å². The molecule has 2 aromatic rings. The average Bonchev–Trinajstić information content (AvgIpc) is 2.63. The van der Waals surface area contributed by atoms with Crippen molar-refractivity contribution in [1.82, 2.24) is 14.7 Å². The monoisotopic (exact) mass is 341 g/mol. The summed E-state index contributed by atoms with van der Waals surface area (Å²) in [4.78, 5) is 26.4. The summed E-state index contributed by atoms with van der Waals surface area (Å²) in [5.41, 5.74) is 1.17. The predicted octanol–water partition coefficient (Wildman–Crippen LogP) is 2.26. The van der Waals surface area contributed by atoms with Crippen LogP contribution in [0.5, 0.6) is 0 Å². The van der Waals surface area contributed by atoms with E-state index in [1.165, 1.54) is 16.8 Å². The van der Waals surface area contributed by atoms with E-state index in [2.05, 4.69) is 5.10 Å². The summed E-state index contributed by atoms with van der Waals surface area (Å²) in [6.07, 6.45) is 0.565. The Balaban J connectivity index is 1.81. The molecular weight excluding hydrogens is 318 g/mol. The summed E-state index contributed by atoms with van der Waals surface area (Å²) in [6, 6.07) is 12.8. The van der Waals surface area contributed by atoms with Gasteiger partial charge in [0.1, 0.15) is 11.8 Å². The number of aromatic nitrogens is 2. The van der Waals surface area contributed by atoms with Crippen LogP contribution < -0.4 is 5.56 Å². The zero-order valence-corrected chi connectivity index (χ0v) is 14.6. The van der Waals surface area contributed by atoms with Crippen molar-refractivity contribution in [3.8, 4) is 0 Å². The number of rotatable bonds is 4. The molecule has 0 saturated carbocycles. The number of hydrogen-bond acceptors (Lipinski definition) is 4. The number of morpholine rings is 1. The molecule has 6 heteroatoms. The summed E-state index contributed by atoms with van der Waals surface area (Å²) in [6.45, 7) is 5.42. The molecule has 6 nitrogen and oxygen atoms in total. The maximum atomic E-state index is 12.9. The average molecular weight is 341 g/mol. The van der Waals surface area contributed by atoms with Crippen LogP contribution >= 0.6 is 0 Å². The molecule has 1 fully saturated rings. The molecule has 3 rings (SSSR count). The third-order valence-corrected chi connectivity index (χ3v) is 4.24. The Bertz CT molecular complexity index is 788. The Labute approximate surface area is 147 Å². The van der Waals surface area contributed by atoms with Gasteiger partial charge in [-0.25, -0.2) is 4.68 Å². The lowest BCUT2D eigenvalue weighted by atomic mass is 10.1. The van der Waals surface area contributed by atoms with E-state index in [0.717, 1.165) is 12.0 Å². The zero-order valence-electron chi connectivity index (χ0n) is 14.6. The SMILES string of the molecule is CCCn1nc(C(=O)N2C[C@H](C)O[C@@H](c3ccccc3)C2)ccc1=O. The minimum atomic E-state index is -0.184. The summed E-state index contributed by atoms with van der Waals surface area (Å²) in [5.74, 6) is -0.166. The van der Waals surface area contributed by atoms with Crippen molar-refractivity contribution in [3.63, 3.8) is 0 Å². The normalized spacial score (nSPS) is 20.5. The standard InChI is InChI=1S/C19H23N3O3/c1-3-11-22-18(23)10-9-16(20-22)19(24)21-12-14(2)25-17(13-21)15-7-5-4-6-8-15/h4-10,14,17H,3,11-13H2,1-2H3/t14-,17+/m0/s1. The quantitative estimate of drug-likeness (QED) is 0.856. The predicted molar refractivity (Wildman–Crippen MR) is 94.4 cm³/mol. The van der Waals surface area contributed by atoms with Crippen molar-refractivity contribution in [3.05, 3.63) is 64.1 Å². The van der Waals surface area contributed by atoms with Crippen LogP contribution in [0.3, 0.4) is 0 Å². The molecule has 0 radical (unpaired) electrons. The van der Waals surface area contributed by atoms with Crippen LogP contribution in [0.1, 0.15) is 42.4 Å².